The first-order valence-corrected chi connectivity index (χ1v) is 7.33. The summed E-state index contributed by atoms with van der Waals surface area (Å²) in [6, 6.07) is 0. The number of ether oxygens (including phenoxy) is 2. The van der Waals surface area contributed by atoms with Gasteiger partial charge in [-0.15, -0.1) is 0 Å². The van der Waals surface area contributed by atoms with Crippen LogP contribution in [0.3, 0.4) is 0 Å². The zero-order valence-electron chi connectivity index (χ0n) is 10.7. The van der Waals surface area contributed by atoms with Gasteiger partial charge in [0.05, 0.1) is 12.7 Å². The molecule has 3 fully saturated rings. The number of rotatable bonds is 2. The summed E-state index contributed by atoms with van der Waals surface area (Å²) >= 11 is 0. The number of morpholine rings is 1. The Balaban J connectivity index is 1.55. The SMILES string of the molecule is C1CCC(CC2CNCC3(CCCOC3)O2)C1. The van der Waals surface area contributed by atoms with Crippen LogP contribution in [0.15, 0.2) is 0 Å². The lowest BCUT2D eigenvalue weighted by Gasteiger charge is -2.44. The second-order valence-electron chi connectivity index (χ2n) is 6.10. The molecule has 1 aliphatic carbocycles. The summed E-state index contributed by atoms with van der Waals surface area (Å²) < 4.78 is 12.0. The summed E-state index contributed by atoms with van der Waals surface area (Å²) in [5.74, 6) is 0.918. The Morgan fingerprint density at radius 1 is 1.18 bits per heavy atom. The minimum atomic E-state index is -0.000227. The highest BCUT2D eigenvalue weighted by Crippen LogP contribution is 2.33. The standard InChI is InChI=1S/C14H25NO2/c1-2-5-12(4-1)8-13-9-15-10-14(17-13)6-3-7-16-11-14/h12-13,15H,1-11H2. The third-order valence-electron chi connectivity index (χ3n) is 4.59. The molecule has 1 spiro atoms. The van der Waals surface area contributed by atoms with Gasteiger partial charge in [-0.1, -0.05) is 25.7 Å². The molecule has 0 amide bonds. The Kier molecular flexibility index (Phi) is 3.69. The van der Waals surface area contributed by atoms with Crippen LogP contribution in [-0.4, -0.2) is 38.0 Å². The summed E-state index contributed by atoms with van der Waals surface area (Å²) in [4.78, 5) is 0. The van der Waals surface area contributed by atoms with Crippen molar-refractivity contribution in [2.75, 3.05) is 26.3 Å². The van der Waals surface area contributed by atoms with E-state index in [2.05, 4.69) is 5.32 Å². The van der Waals surface area contributed by atoms with Crippen molar-refractivity contribution < 1.29 is 9.47 Å². The molecule has 1 N–H and O–H groups in total. The Morgan fingerprint density at radius 2 is 2.06 bits per heavy atom. The molecule has 2 heterocycles. The summed E-state index contributed by atoms with van der Waals surface area (Å²) in [7, 11) is 0. The van der Waals surface area contributed by atoms with Gasteiger partial charge in [-0.25, -0.2) is 0 Å². The van der Waals surface area contributed by atoms with E-state index in [0.717, 1.165) is 38.6 Å². The minimum absolute atomic E-state index is 0.000227. The van der Waals surface area contributed by atoms with Crippen LogP contribution in [0.25, 0.3) is 0 Å². The van der Waals surface area contributed by atoms with Gasteiger partial charge in [0.1, 0.15) is 5.60 Å². The molecule has 2 unspecified atom stereocenters. The lowest BCUT2D eigenvalue weighted by molar-refractivity contribution is -0.176. The van der Waals surface area contributed by atoms with Gasteiger partial charge in [-0.2, -0.15) is 0 Å². The lowest BCUT2D eigenvalue weighted by atomic mass is 9.92. The third kappa shape index (κ3) is 2.83. The molecule has 0 bridgehead atoms. The Hall–Kier alpha value is -0.120. The highest BCUT2D eigenvalue weighted by Gasteiger charge is 2.39. The molecule has 0 aromatic heterocycles. The molecule has 1 saturated carbocycles. The normalized spacial score (nSPS) is 39.9. The van der Waals surface area contributed by atoms with Gasteiger partial charge in [-0.3, -0.25) is 0 Å². The predicted octanol–water partition coefficient (Wildman–Crippen LogP) is 2.10. The third-order valence-corrected chi connectivity index (χ3v) is 4.59. The fourth-order valence-corrected chi connectivity index (χ4v) is 3.71. The second-order valence-corrected chi connectivity index (χ2v) is 6.10. The quantitative estimate of drug-likeness (QED) is 0.800. The average Bonchev–Trinajstić information content (AvgIpc) is 2.83. The summed E-state index contributed by atoms with van der Waals surface area (Å²) in [5, 5.41) is 3.56. The molecular formula is C14H25NO2. The van der Waals surface area contributed by atoms with Gasteiger partial charge in [0.25, 0.3) is 0 Å². The molecule has 2 aliphatic heterocycles. The molecular weight excluding hydrogens is 214 g/mol. The minimum Gasteiger partial charge on any atom is -0.378 e. The molecule has 2 atom stereocenters. The van der Waals surface area contributed by atoms with E-state index in [1.807, 2.05) is 0 Å². The van der Waals surface area contributed by atoms with Crippen molar-refractivity contribution in [3.8, 4) is 0 Å². The van der Waals surface area contributed by atoms with E-state index in [1.54, 1.807) is 0 Å². The van der Waals surface area contributed by atoms with E-state index >= 15 is 0 Å². The molecule has 3 nitrogen and oxygen atoms in total. The van der Waals surface area contributed by atoms with Gasteiger partial charge < -0.3 is 14.8 Å². The monoisotopic (exact) mass is 239 g/mol. The molecule has 3 rings (SSSR count). The number of hydrogen-bond donors (Lipinski definition) is 1. The van der Waals surface area contributed by atoms with Gasteiger partial charge >= 0.3 is 0 Å². The van der Waals surface area contributed by atoms with Crippen molar-refractivity contribution in [2.24, 2.45) is 5.92 Å². The highest BCUT2D eigenvalue weighted by atomic mass is 16.6. The first-order chi connectivity index (χ1) is 8.36. The maximum atomic E-state index is 6.39. The van der Waals surface area contributed by atoms with E-state index in [0.29, 0.717) is 6.10 Å². The highest BCUT2D eigenvalue weighted by molar-refractivity contribution is 4.91. The first-order valence-electron chi connectivity index (χ1n) is 7.33. The fourth-order valence-electron chi connectivity index (χ4n) is 3.71. The van der Waals surface area contributed by atoms with E-state index in [-0.39, 0.29) is 5.60 Å². The smallest absolute Gasteiger partial charge is 0.104 e. The molecule has 0 radical (unpaired) electrons. The maximum Gasteiger partial charge on any atom is 0.104 e. The topological polar surface area (TPSA) is 30.5 Å². The van der Waals surface area contributed by atoms with Crippen molar-refractivity contribution in [1.82, 2.24) is 5.32 Å². The van der Waals surface area contributed by atoms with Crippen molar-refractivity contribution >= 4 is 0 Å². The van der Waals surface area contributed by atoms with Crippen LogP contribution in [0.2, 0.25) is 0 Å². The molecule has 17 heavy (non-hydrogen) atoms. The summed E-state index contributed by atoms with van der Waals surface area (Å²) in [6.07, 6.45) is 9.70. The van der Waals surface area contributed by atoms with Crippen molar-refractivity contribution in [3.63, 3.8) is 0 Å². The molecule has 98 valence electrons. The number of hydrogen-bond acceptors (Lipinski definition) is 3. The van der Waals surface area contributed by atoms with Gasteiger partial charge in [0.2, 0.25) is 0 Å². The molecule has 3 heteroatoms. The largest absolute Gasteiger partial charge is 0.378 e. The second kappa shape index (κ2) is 5.25. The van der Waals surface area contributed by atoms with Crippen molar-refractivity contribution in [1.29, 1.82) is 0 Å². The zero-order chi connectivity index (χ0) is 11.6. The lowest BCUT2D eigenvalue weighted by Crippen LogP contribution is -2.57. The van der Waals surface area contributed by atoms with E-state index in [9.17, 15) is 0 Å². The van der Waals surface area contributed by atoms with E-state index < -0.39 is 0 Å². The Labute approximate surface area is 104 Å². The van der Waals surface area contributed by atoms with Crippen LogP contribution in [0.5, 0.6) is 0 Å². The first kappa shape index (κ1) is 11.9. The average molecular weight is 239 g/mol. The Bertz CT molecular complexity index is 239. The van der Waals surface area contributed by atoms with Crippen LogP contribution < -0.4 is 5.32 Å². The molecule has 0 aromatic rings. The predicted molar refractivity (Wildman–Crippen MR) is 67.1 cm³/mol. The number of nitrogens with one attached hydrogen (secondary N) is 1. The van der Waals surface area contributed by atoms with Gasteiger partial charge in [0, 0.05) is 19.7 Å². The molecule has 3 aliphatic rings. The Morgan fingerprint density at radius 3 is 2.82 bits per heavy atom. The molecule has 0 aromatic carbocycles. The van der Waals surface area contributed by atoms with Crippen LogP contribution in [0.1, 0.15) is 44.9 Å². The maximum absolute atomic E-state index is 6.39. The van der Waals surface area contributed by atoms with Gasteiger partial charge in [-0.05, 0) is 25.2 Å². The fraction of sp³-hybridized carbons (Fsp3) is 1.00. The van der Waals surface area contributed by atoms with Gasteiger partial charge in [0.15, 0.2) is 0 Å². The van der Waals surface area contributed by atoms with Crippen LogP contribution >= 0.6 is 0 Å². The van der Waals surface area contributed by atoms with Crippen LogP contribution in [0, 0.1) is 5.92 Å². The van der Waals surface area contributed by atoms with Crippen molar-refractivity contribution in [2.45, 2.75) is 56.7 Å². The summed E-state index contributed by atoms with van der Waals surface area (Å²) in [5.41, 5.74) is -0.000227. The van der Waals surface area contributed by atoms with E-state index in [1.165, 1.54) is 38.5 Å². The van der Waals surface area contributed by atoms with E-state index in [4.69, 9.17) is 9.47 Å². The molecule has 2 saturated heterocycles. The van der Waals surface area contributed by atoms with Crippen LogP contribution in [-0.2, 0) is 9.47 Å². The summed E-state index contributed by atoms with van der Waals surface area (Å²) in [6.45, 7) is 3.73. The van der Waals surface area contributed by atoms with Crippen molar-refractivity contribution in [3.05, 3.63) is 0 Å². The zero-order valence-corrected chi connectivity index (χ0v) is 10.7. The van der Waals surface area contributed by atoms with Crippen LogP contribution in [0.4, 0.5) is 0 Å².